The molecule has 5 aromatic rings. The molecule has 2 aromatic heterocycles. The fraction of sp³-hybridized carbons (Fsp3) is 0.133. The highest BCUT2D eigenvalue weighted by Gasteiger charge is 2.24. The van der Waals surface area contributed by atoms with Gasteiger partial charge in [-0.05, 0) is 54.3 Å². The van der Waals surface area contributed by atoms with Crippen LogP contribution in [-0.2, 0) is 13.0 Å². The van der Waals surface area contributed by atoms with E-state index >= 15 is 0 Å². The van der Waals surface area contributed by atoms with Gasteiger partial charge in [0, 0.05) is 19.2 Å². The number of carbonyl (C=O) groups is 1. The molecule has 0 aliphatic rings. The molecule has 0 atom stereocenters. The summed E-state index contributed by atoms with van der Waals surface area (Å²) < 4.78 is 7.32. The van der Waals surface area contributed by atoms with Crippen LogP contribution >= 0.6 is 0 Å². The Kier molecular flexibility index (Phi) is 6.57. The first-order chi connectivity index (χ1) is 17.2. The average molecular weight is 462 g/mol. The minimum Gasteiger partial charge on any atom is -0.463 e. The zero-order chi connectivity index (χ0) is 24.0. The highest BCUT2D eigenvalue weighted by atomic mass is 16.3. The van der Waals surface area contributed by atoms with E-state index in [0.717, 1.165) is 23.2 Å². The molecule has 35 heavy (non-hydrogen) atoms. The maximum absolute atomic E-state index is 14.1. The Labute approximate surface area is 205 Å². The van der Waals surface area contributed by atoms with Gasteiger partial charge in [-0.1, -0.05) is 72.8 Å². The van der Waals surface area contributed by atoms with Crippen molar-refractivity contribution in [1.82, 2.24) is 14.7 Å². The van der Waals surface area contributed by atoms with Gasteiger partial charge in [0.05, 0.1) is 12.0 Å². The van der Waals surface area contributed by atoms with Gasteiger partial charge in [-0.2, -0.15) is 5.10 Å². The summed E-state index contributed by atoms with van der Waals surface area (Å²) in [4.78, 5) is 16.0. The number of nitrogens with zero attached hydrogens (tertiary/aromatic N) is 3. The van der Waals surface area contributed by atoms with Crippen molar-refractivity contribution in [2.24, 2.45) is 0 Å². The fourth-order valence-electron chi connectivity index (χ4n) is 4.16. The van der Waals surface area contributed by atoms with Crippen molar-refractivity contribution in [2.75, 3.05) is 6.54 Å². The van der Waals surface area contributed by atoms with Gasteiger partial charge in [0.1, 0.15) is 11.4 Å². The van der Waals surface area contributed by atoms with Crippen molar-refractivity contribution in [2.45, 2.75) is 19.9 Å². The summed E-state index contributed by atoms with van der Waals surface area (Å²) in [5.41, 5.74) is 5.35. The maximum Gasteiger partial charge on any atom is 0.272 e. The second-order valence-electron chi connectivity index (χ2n) is 8.59. The van der Waals surface area contributed by atoms with Gasteiger partial charge < -0.3 is 9.32 Å². The number of furan rings is 1. The van der Waals surface area contributed by atoms with Gasteiger partial charge in [0.2, 0.25) is 0 Å². The average Bonchev–Trinajstić information content (AvgIpc) is 3.58. The molecule has 0 N–H and O–H groups in total. The lowest BCUT2D eigenvalue weighted by Gasteiger charge is -2.23. The molecule has 0 bridgehead atoms. The third-order valence-electron chi connectivity index (χ3n) is 5.97. The minimum absolute atomic E-state index is 0.0726. The topological polar surface area (TPSA) is 51.3 Å². The zero-order valence-electron chi connectivity index (χ0n) is 19.7. The lowest BCUT2D eigenvalue weighted by Crippen LogP contribution is -2.34. The molecule has 0 aliphatic heterocycles. The Morgan fingerprint density at radius 3 is 2.29 bits per heavy atom. The third-order valence-corrected chi connectivity index (χ3v) is 5.97. The number of aryl methyl sites for hydroxylation is 1. The van der Waals surface area contributed by atoms with E-state index in [0.29, 0.717) is 30.2 Å². The van der Waals surface area contributed by atoms with E-state index in [1.54, 1.807) is 10.9 Å². The molecule has 0 aliphatic carbocycles. The summed E-state index contributed by atoms with van der Waals surface area (Å²) in [6.07, 6.45) is 2.38. The molecule has 0 spiro atoms. The van der Waals surface area contributed by atoms with E-state index in [-0.39, 0.29) is 5.91 Å². The van der Waals surface area contributed by atoms with E-state index < -0.39 is 0 Å². The quantitative estimate of drug-likeness (QED) is 0.271. The van der Waals surface area contributed by atoms with Gasteiger partial charge in [-0.25, -0.2) is 4.68 Å². The van der Waals surface area contributed by atoms with Gasteiger partial charge in [-0.15, -0.1) is 0 Å². The molecule has 0 fully saturated rings. The van der Waals surface area contributed by atoms with Crippen LogP contribution in [0, 0.1) is 6.92 Å². The number of rotatable bonds is 8. The van der Waals surface area contributed by atoms with Crippen LogP contribution in [0.5, 0.6) is 0 Å². The lowest BCUT2D eigenvalue weighted by molar-refractivity contribution is 0.0736. The smallest absolute Gasteiger partial charge is 0.272 e. The standard InChI is InChI=1S/C30H27N3O2/c1-23-10-8-15-26(20-23)33-28(21-27(31-33)29-16-9-19-35-29)30(34)32(22-25-13-6-3-7-14-25)18-17-24-11-4-2-5-12-24/h2-16,19-21H,17-18,22H2,1H3. The summed E-state index contributed by atoms with van der Waals surface area (Å²) in [5, 5.41) is 4.77. The van der Waals surface area contributed by atoms with Gasteiger partial charge in [-0.3, -0.25) is 4.79 Å². The van der Waals surface area contributed by atoms with Crippen molar-refractivity contribution in [3.63, 3.8) is 0 Å². The third kappa shape index (κ3) is 5.25. The van der Waals surface area contributed by atoms with Crippen LogP contribution in [0.15, 0.2) is 114 Å². The van der Waals surface area contributed by atoms with Crippen molar-refractivity contribution in [3.05, 3.63) is 132 Å². The number of benzene rings is 3. The summed E-state index contributed by atoms with van der Waals surface area (Å²) in [7, 11) is 0. The monoisotopic (exact) mass is 461 g/mol. The van der Waals surface area contributed by atoms with Crippen molar-refractivity contribution < 1.29 is 9.21 Å². The normalized spacial score (nSPS) is 10.9. The van der Waals surface area contributed by atoms with Crippen LogP contribution in [0.1, 0.15) is 27.2 Å². The minimum atomic E-state index is -0.0726. The Morgan fingerprint density at radius 2 is 1.60 bits per heavy atom. The van der Waals surface area contributed by atoms with E-state index in [1.165, 1.54) is 5.56 Å². The fourth-order valence-corrected chi connectivity index (χ4v) is 4.16. The van der Waals surface area contributed by atoms with E-state index in [2.05, 4.69) is 24.3 Å². The van der Waals surface area contributed by atoms with Crippen LogP contribution in [0.2, 0.25) is 0 Å². The number of aromatic nitrogens is 2. The Bertz CT molecular complexity index is 1390. The van der Waals surface area contributed by atoms with E-state index in [1.807, 2.05) is 90.7 Å². The molecule has 0 saturated carbocycles. The molecule has 0 unspecified atom stereocenters. The Hall–Kier alpha value is -4.38. The first-order valence-electron chi connectivity index (χ1n) is 11.8. The molecule has 5 rings (SSSR count). The van der Waals surface area contributed by atoms with Crippen molar-refractivity contribution in [3.8, 4) is 17.1 Å². The SMILES string of the molecule is Cc1cccc(-n2nc(-c3ccco3)cc2C(=O)N(CCc2ccccc2)Cc2ccccc2)c1. The second kappa shape index (κ2) is 10.3. The summed E-state index contributed by atoms with van der Waals surface area (Å²) in [6, 6.07) is 33.9. The molecule has 174 valence electrons. The maximum atomic E-state index is 14.1. The summed E-state index contributed by atoms with van der Waals surface area (Å²) in [5.74, 6) is 0.556. The molecule has 1 amide bonds. The highest BCUT2D eigenvalue weighted by Crippen LogP contribution is 2.24. The molecule has 0 radical (unpaired) electrons. The summed E-state index contributed by atoms with van der Waals surface area (Å²) in [6.45, 7) is 3.14. The molecule has 3 aromatic carbocycles. The molecular weight excluding hydrogens is 434 g/mol. The molecule has 5 heteroatoms. The van der Waals surface area contributed by atoms with Crippen LogP contribution in [-0.4, -0.2) is 27.1 Å². The van der Waals surface area contributed by atoms with Crippen molar-refractivity contribution >= 4 is 5.91 Å². The van der Waals surface area contributed by atoms with Crippen LogP contribution in [0.4, 0.5) is 0 Å². The van der Waals surface area contributed by atoms with E-state index in [9.17, 15) is 4.79 Å². The predicted molar refractivity (Wildman–Crippen MR) is 137 cm³/mol. The number of hydrogen-bond acceptors (Lipinski definition) is 3. The number of carbonyl (C=O) groups excluding carboxylic acids is 1. The first-order valence-corrected chi connectivity index (χ1v) is 11.8. The van der Waals surface area contributed by atoms with Gasteiger partial charge in [0.15, 0.2) is 5.76 Å². The van der Waals surface area contributed by atoms with Crippen molar-refractivity contribution in [1.29, 1.82) is 0 Å². The van der Waals surface area contributed by atoms with Gasteiger partial charge in [0.25, 0.3) is 5.91 Å². The van der Waals surface area contributed by atoms with Crippen LogP contribution in [0.25, 0.3) is 17.1 Å². The van der Waals surface area contributed by atoms with Crippen LogP contribution < -0.4 is 0 Å². The van der Waals surface area contributed by atoms with Crippen LogP contribution in [0.3, 0.4) is 0 Å². The Morgan fingerprint density at radius 1 is 0.857 bits per heavy atom. The zero-order valence-corrected chi connectivity index (χ0v) is 19.7. The van der Waals surface area contributed by atoms with Gasteiger partial charge >= 0.3 is 0 Å². The highest BCUT2D eigenvalue weighted by molar-refractivity contribution is 5.94. The second-order valence-corrected chi connectivity index (χ2v) is 8.59. The summed E-state index contributed by atoms with van der Waals surface area (Å²) >= 11 is 0. The Balaban J connectivity index is 1.53. The molecule has 5 nitrogen and oxygen atoms in total. The largest absolute Gasteiger partial charge is 0.463 e. The predicted octanol–water partition coefficient (Wildman–Crippen LogP) is 6.33. The first kappa shape index (κ1) is 22.4. The molecular formula is C30H27N3O2. The van der Waals surface area contributed by atoms with E-state index in [4.69, 9.17) is 9.52 Å². The number of amides is 1. The molecule has 2 heterocycles. The molecule has 0 saturated heterocycles. The number of hydrogen-bond donors (Lipinski definition) is 0. The lowest BCUT2D eigenvalue weighted by atomic mass is 10.1.